The fourth-order valence-electron chi connectivity index (χ4n) is 4.99. The molecular formula is C26H32N6O2S. The zero-order valence-electron chi connectivity index (χ0n) is 20.7. The molecule has 0 aliphatic carbocycles. The van der Waals surface area contributed by atoms with E-state index in [-0.39, 0.29) is 11.5 Å². The van der Waals surface area contributed by atoms with Gasteiger partial charge in [0.1, 0.15) is 10.5 Å². The zero-order chi connectivity index (χ0) is 24.5. The van der Waals surface area contributed by atoms with Gasteiger partial charge in [0.05, 0.1) is 5.52 Å². The smallest absolute Gasteiger partial charge is 0.272 e. The van der Waals surface area contributed by atoms with Crippen LogP contribution in [0.15, 0.2) is 34.4 Å². The van der Waals surface area contributed by atoms with Gasteiger partial charge in [-0.3, -0.25) is 18.6 Å². The first-order valence-corrected chi connectivity index (χ1v) is 13.3. The maximum atomic E-state index is 13.1. The van der Waals surface area contributed by atoms with E-state index in [9.17, 15) is 9.59 Å². The number of rotatable bonds is 7. The molecule has 184 valence electrons. The normalized spacial score (nSPS) is 14.4. The van der Waals surface area contributed by atoms with E-state index in [0.29, 0.717) is 29.9 Å². The van der Waals surface area contributed by atoms with Crippen molar-refractivity contribution in [3.05, 3.63) is 57.0 Å². The highest BCUT2D eigenvalue weighted by Gasteiger charge is 2.23. The molecule has 0 bridgehead atoms. The molecule has 3 aromatic heterocycles. The lowest BCUT2D eigenvalue weighted by atomic mass is 10.1. The minimum absolute atomic E-state index is 0.00680. The quantitative estimate of drug-likeness (QED) is 0.392. The Labute approximate surface area is 208 Å². The lowest BCUT2D eigenvalue weighted by molar-refractivity contribution is -0.131. The third kappa shape index (κ3) is 4.45. The predicted molar refractivity (Wildman–Crippen MR) is 141 cm³/mol. The van der Waals surface area contributed by atoms with E-state index in [1.54, 1.807) is 4.57 Å². The topological polar surface area (TPSA) is 75.7 Å². The van der Waals surface area contributed by atoms with Crippen molar-refractivity contribution in [3.63, 3.8) is 0 Å². The minimum atomic E-state index is -0.00680. The molecular weight excluding hydrogens is 460 g/mol. The molecule has 4 heterocycles. The van der Waals surface area contributed by atoms with E-state index in [0.717, 1.165) is 50.4 Å². The molecule has 0 spiro atoms. The molecule has 1 amide bonds. The number of hydrogen-bond donors (Lipinski definition) is 0. The zero-order valence-corrected chi connectivity index (χ0v) is 21.5. The van der Waals surface area contributed by atoms with Crippen LogP contribution in [0.2, 0.25) is 0 Å². The molecule has 0 unspecified atom stereocenters. The van der Waals surface area contributed by atoms with Crippen LogP contribution in [0.5, 0.6) is 0 Å². The summed E-state index contributed by atoms with van der Waals surface area (Å²) in [6.45, 7) is 10.1. The van der Waals surface area contributed by atoms with Crippen molar-refractivity contribution in [2.45, 2.75) is 53.0 Å². The first kappa shape index (κ1) is 23.5. The number of benzene rings is 1. The molecule has 1 aromatic carbocycles. The van der Waals surface area contributed by atoms with Gasteiger partial charge in [-0.25, -0.2) is 0 Å². The van der Waals surface area contributed by atoms with Gasteiger partial charge in [0.2, 0.25) is 11.7 Å². The van der Waals surface area contributed by atoms with E-state index in [2.05, 4.69) is 54.1 Å². The monoisotopic (exact) mass is 492 g/mol. The van der Waals surface area contributed by atoms with Crippen LogP contribution in [0.1, 0.15) is 43.1 Å². The Balaban J connectivity index is 1.29. The van der Waals surface area contributed by atoms with Gasteiger partial charge in [0.15, 0.2) is 0 Å². The second-order valence-electron chi connectivity index (χ2n) is 9.35. The SMILES string of the molecule is CCCCn1c(=O)c2sccc2n2c(CCC(=O)N3CCN(c4ccc(C)cc4C)CC3)nnc12. The number of unbranched alkanes of at least 4 members (excludes halogenated alkanes) is 1. The van der Waals surface area contributed by atoms with E-state index >= 15 is 0 Å². The van der Waals surface area contributed by atoms with Gasteiger partial charge in [0.25, 0.3) is 5.56 Å². The lowest BCUT2D eigenvalue weighted by Gasteiger charge is -2.37. The predicted octanol–water partition coefficient (Wildman–Crippen LogP) is 3.80. The van der Waals surface area contributed by atoms with E-state index in [1.807, 2.05) is 20.7 Å². The number of aromatic nitrogens is 4. The van der Waals surface area contributed by atoms with Gasteiger partial charge >= 0.3 is 0 Å². The average Bonchev–Trinajstić information content (AvgIpc) is 3.50. The minimum Gasteiger partial charge on any atom is -0.368 e. The Morgan fingerprint density at radius 1 is 1.09 bits per heavy atom. The van der Waals surface area contributed by atoms with Gasteiger partial charge in [0, 0.05) is 51.3 Å². The third-order valence-electron chi connectivity index (χ3n) is 6.90. The number of anilines is 1. The Hall–Kier alpha value is -3.20. The number of hydrogen-bond acceptors (Lipinski definition) is 6. The van der Waals surface area contributed by atoms with Crippen LogP contribution in [0, 0.1) is 13.8 Å². The molecule has 0 saturated carbocycles. The molecule has 4 aromatic rings. The van der Waals surface area contributed by atoms with Crippen LogP contribution in [-0.2, 0) is 17.8 Å². The maximum Gasteiger partial charge on any atom is 0.272 e. The Kier molecular flexibility index (Phi) is 6.60. The summed E-state index contributed by atoms with van der Waals surface area (Å²) in [5, 5.41) is 10.7. The summed E-state index contributed by atoms with van der Waals surface area (Å²) in [6, 6.07) is 8.49. The molecule has 9 heteroatoms. The molecule has 0 N–H and O–H groups in total. The van der Waals surface area contributed by atoms with Gasteiger partial charge in [-0.05, 0) is 43.3 Å². The largest absolute Gasteiger partial charge is 0.368 e. The highest BCUT2D eigenvalue weighted by Crippen LogP contribution is 2.23. The van der Waals surface area contributed by atoms with Crippen molar-refractivity contribution in [2.75, 3.05) is 31.1 Å². The molecule has 0 atom stereocenters. The number of nitrogens with zero attached hydrogens (tertiary/aromatic N) is 6. The summed E-state index contributed by atoms with van der Waals surface area (Å²) in [6.07, 6.45) is 2.77. The van der Waals surface area contributed by atoms with Crippen LogP contribution < -0.4 is 10.5 Å². The van der Waals surface area contributed by atoms with Gasteiger partial charge in [-0.15, -0.1) is 21.5 Å². The fraction of sp³-hybridized carbons (Fsp3) is 0.462. The second-order valence-corrected chi connectivity index (χ2v) is 10.3. The van der Waals surface area contributed by atoms with Crippen LogP contribution in [-0.4, -0.2) is 56.2 Å². The van der Waals surface area contributed by atoms with Crippen LogP contribution >= 0.6 is 11.3 Å². The first-order chi connectivity index (χ1) is 17.0. The summed E-state index contributed by atoms with van der Waals surface area (Å²) in [7, 11) is 0. The molecule has 0 radical (unpaired) electrons. The number of aryl methyl sites for hydroxylation is 4. The van der Waals surface area contributed by atoms with Crippen molar-refractivity contribution in [3.8, 4) is 0 Å². The number of thiophene rings is 1. The summed E-state index contributed by atoms with van der Waals surface area (Å²) in [5.41, 5.74) is 4.63. The summed E-state index contributed by atoms with van der Waals surface area (Å²) < 4.78 is 4.41. The van der Waals surface area contributed by atoms with Crippen molar-refractivity contribution in [1.82, 2.24) is 24.1 Å². The maximum absolute atomic E-state index is 13.1. The van der Waals surface area contributed by atoms with Crippen LogP contribution in [0.25, 0.3) is 16.0 Å². The van der Waals surface area contributed by atoms with Crippen molar-refractivity contribution >= 4 is 38.9 Å². The molecule has 1 saturated heterocycles. The third-order valence-corrected chi connectivity index (χ3v) is 7.79. The Bertz CT molecular complexity index is 1430. The molecule has 35 heavy (non-hydrogen) atoms. The highest BCUT2D eigenvalue weighted by molar-refractivity contribution is 7.17. The average molecular weight is 493 g/mol. The molecule has 8 nitrogen and oxygen atoms in total. The Morgan fingerprint density at radius 2 is 1.89 bits per heavy atom. The molecule has 1 aliphatic rings. The number of amides is 1. The number of carbonyl (C=O) groups is 1. The standard InChI is InChI=1S/C26H32N6O2S/c1-4-5-11-31-25(34)24-21(10-16-35-24)32-22(27-28-26(31)32)8-9-23(33)30-14-12-29(13-15-30)20-7-6-18(2)17-19(20)3/h6-7,10,16-17H,4-5,8-9,11-15H2,1-3H3. The van der Waals surface area contributed by atoms with Crippen molar-refractivity contribution in [2.24, 2.45) is 0 Å². The molecule has 5 rings (SSSR count). The highest BCUT2D eigenvalue weighted by atomic mass is 32.1. The Morgan fingerprint density at radius 3 is 2.63 bits per heavy atom. The van der Waals surface area contributed by atoms with Crippen LogP contribution in [0.3, 0.4) is 0 Å². The number of fused-ring (bicyclic) bond motifs is 3. The lowest BCUT2D eigenvalue weighted by Crippen LogP contribution is -2.49. The van der Waals surface area contributed by atoms with E-state index in [4.69, 9.17) is 0 Å². The van der Waals surface area contributed by atoms with Crippen LogP contribution in [0.4, 0.5) is 5.69 Å². The van der Waals surface area contributed by atoms with Gasteiger partial charge in [-0.1, -0.05) is 31.0 Å². The summed E-state index contributed by atoms with van der Waals surface area (Å²) >= 11 is 1.45. The van der Waals surface area contributed by atoms with Crippen molar-refractivity contribution < 1.29 is 4.79 Å². The van der Waals surface area contributed by atoms with Crippen molar-refractivity contribution in [1.29, 1.82) is 0 Å². The first-order valence-electron chi connectivity index (χ1n) is 12.4. The number of piperazine rings is 1. The summed E-state index contributed by atoms with van der Waals surface area (Å²) in [5.74, 6) is 1.44. The number of carbonyl (C=O) groups excluding carboxylic acids is 1. The van der Waals surface area contributed by atoms with E-state index in [1.165, 1.54) is 28.2 Å². The van der Waals surface area contributed by atoms with E-state index < -0.39 is 0 Å². The summed E-state index contributed by atoms with van der Waals surface area (Å²) in [4.78, 5) is 30.4. The van der Waals surface area contributed by atoms with Gasteiger partial charge in [-0.2, -0.15) is 0 Å². The second kappa shape index (κ2) is 9.81. The molecule has 1 fully saturated rings. The van der Waals surface area contributed by atoms with Gasteiger partial charge < -0.3 is 9.80 Å². The fourth-order valence-corrected chi connectivity index (χ4v) is 5.82. The molecule has 1 aliphatic heterocycles.